The highest BCUT2D eigenvalue weighted by atomic mass is 35.5. The van der Waals surface area contributed by atoms with Crippen molar-refractivity contribution in [3.63, 3.8) is 0 Å². The molecule has 1 N–H and O–H groups in total. The van der Waals surface area contributed by atoms with E-state index in [0.29, 0.717) is 10.7 Å². The van der Waals surface area contributed by atoms with E-state index in [9.17, 15) is 9.18 Å². The van der Waals surface area contributed by atoms with Crippen molar-refractivity contribution in [3.8, 4) is 11.5 Å². The summed E-state index contributed by atoms with van der Waals surface area (Å²) in [6, 6.07) is 12.9. The first-order valence-corrected chi connectivity index (χ1v) is 8.60. The summed E-state index contributed by atoms with van der Waals surface area (Å²) >= 11 is 6.91. The van der Waals surface area contributed by atoms with Crippen molar-refractivity contribution in [2.75, 3.05) is 5.32 Å². The maximum Gasteiger partial charge on any atom is 0.277 e. The monoisotopic (exact) mass is 377 g/mol. The highest BCUT2D eigenvalue weighted by molar-refractivity contribution is 8.00. The maximum atomic E-state index is 13.7. The second-order valence-electron chi connectivity index (χ2n) is 5.11. The zero-order chi connectivity index (χ0) is 17.8. The van der Waals surface area contributed by atoms with Gasteiger partial charge in [-0.25, -0.2) is 4.39 Å². The lowest BCUT2D eigenvalue weighted by Crippen LogP contribution is -2.22. The van der Waals surface area contributed by atoms with E-state index < -0.39 is 11.1 Å². The number of halogens is 2. The average Bonchev–Trinajstić information content (AvgIpc) is 3.05. The van der Waals surface area contributed by atoms with Gasteiger partial charge >= 0.3 is 0 Å². The van der Waals surface area contributed by atoms with Crippen molar-refractivity contribution in [2.45, 2.75) is 17.4 Å². The van der Waals surface area contributed by atoms with Crippen LogP contribution >= 0.6 is 23.4 Å². The van der Waals surface area contributed by atoms with E-state index in [1.807, 2.05) is 0 Å². The Morgan fingerprint density at radius 2 is 1.92 bits per heavy atom. The van der Waals surface area contributed by atoms with Gasteiger partial charge in [-0.05, 0) is 43.3 Å². The van der Waals surface area contributed by atoms with E-state index in [2.05, 4.69) is 15.5 Å². The number of hydrogen-bond donors (Lipinski definition) is 1. The number of amides is 1. The zero-order valence-corrected chi connectivity index (χ0v) is 14.6. The van der Waals surface area contributed by atoms with Crippen LogP contribution in [-0.4, -0.2) is 21.4 Å². The van der Waals surface area contributed by atoms with Gasteiger partial charge in [-0.3, -0.25) is 4.79 Å². The molecule has 1 heterocycles. The lowest BCUT2D eigenvalue weighted by molar-refractivity contribution is -0.115. The normalized spacial score (nSPS) is 12.0. The fourth-order valence-corrected chi connectivity index (χ4v) is 2.79. The van der Waals surface area contributed by atoms with Crippen LogP contribution in [0.5, 0.6) is 0 Å². The molecule has 1 atom stereocenters. The molecule has 0 unspecified atom stereocenters. The Kier molecular flexibility index (Phi) is 5.35. The Labute approximate surface area is 152 Å². The summed E-state index contributed by atoms with van der Waals surface area (Å²) in [6.07, 6.45) is 0. The summed E-state index contributed by atoms with van der Waals surface area (Å²) in [4.78, 5) is 12.2. The fourth-order valence-electron chi connectivity index (χ4n) is 1.98. The number of nitrogens with one attached hydrogen (secondary N) is 1. The zero-order valence-electron chi connectivity index (χ0n) is 13.1. The van der Waals surface area contributed by atoms with Gasteiger partial charge in [0.2, 0.25) is 5.91 Å². The minimum Gasteiger partial charge on any atom is -0.411 e. The van der Waals surface area contributed by atoms with Crippen molar-refractivity contribution >= 4 is 35.0 Å². The summed E-state index contributed by atoms with van der Waals surface area (Å²) in [5.41, 5.74) is 0.861. The van der Waals surface area contributed by atoms with Crippen LogP contribution in [0.3, 0.4) is 0 Å². The van der Waals surface area contributed by atoms with Crippen LogP contribution in [0.2, 0.25) is 5.02 Å². The molecule has 0 saturated carbocycles. The average molecular weight is 378 g/mol. The summed E-state index contributed by atoms with van der Waals surface area (Å²) in [7, 11) is 0. The summed E-state index contributed by atoms with van der Waals surface area (Å²) in [5.74, 6) is -0.597. The van der Waals surface area contributed by atoms with Crippen LogP contribution < -0.4 is 5.32 Å². The molecule has 25 heavy (non-hydrogen) atoms. The van der Waals surface area contributed by atoms with Crippen LogP contribution in [0.4, 0.5) is 10.1 Å². The van der Waals surface area contributed by atoms with Gasteiger partial charge in [0.05, 0.1) is 10.8 Å². The number of benzene rings is 2. The van der Waals surface area contributed by atoms with E-state index in [-0.39, 0.29) is 22.6 Å². The molecule has 0 fully saturated rings. The lowest BCUT2D eigenvalue weighted by atomic mass is 10.2. The third-order valence-corrected chi connectivity index (χ3v) is 4.46. The molecule has 0 spiro atoms. The lowest BCUT2D eigenvalue weighted by Gasteiger charge is -2.09. The number of aromatic nitrogens is 2. The molecule has 5 nitrogen and oxygen atoms in total. The minimum atomic E-state index is -0.482. The van der Waals surface area contributed by atoms with E-state index in [0.717, 1.165) is 11.8 Å². The first-order valence-electron chi connectivity index (χ1n) is 7.34. The van der Waals surface area contributed by atoms with Gasteiger partial charge in [0, 0.05) is 10.7 Å². The van der Waals surface area contributed by atoms with Gasteiger partial charge in [-0.15, -0.1) is 10.2 Å². The first-order chi connectivity index (χ1) is 12.0. The largest absolute Gasteiger partial charge is 0.411 e. The van der Waals surface area contributed by atoms with Gasteiger partial charge in [0.1, 0.15) is 5.82 Å². The smallest absolute Gasteiger partial charge is 0.277 e. The van der Waals surface area contributed by atoms with Crippen LogP contribution in [-0.2, 0) is 4.79 Å². The number of rotatable bonds is 5. The number of carbonyl (C=O) groups is 1. The standard InChI is InChI=1S/C17H13ClFN3O2S/c1-10(15(23)20-12-8-6-11(18)7-9-12)25-17-22-21-16(24-17)13-4-2-3-5-14(13)19/h2-10H,1H3,(H,20,23)/t10-/m1/s1. The molecule has 8 heteroatoms. The second kappa shape index (κ2) is 7.67. The molecule has 1 aromatic heterocycles. The molecule has 0 saturated heterocycles. The Hall–Kier alpha value is -2.38. The van der Waals surface area contributed by atoms with Crippen LogP contribution in [0.15, 0.2) is 58.2 Å². The molecule has 0 aliphatic heterocycles. The van der Waals surface area contributed by atoms with Crippen LogP contribution in [0.25, 0.3) is 11.5 Å². The predicted molar refractivity (Wildman–Crippen MR) is 95.1 cm³/mol. The SMILES string of the molecule is C[C@@H](Sc1nnc(-c2ccccc2F)o1)C(=O)Nc1ccc(Cl)cc1. The number of anilines is 1. The van der Waals surface area contributed by atoms with Crippen molar-refractivity contribution in [3.05, 3.63) is 59.4 Å². The molecule has 0 aliphatic carbocycles. The van der Waals surface area contributed by atoms with Gasteiger partial charge in [0.25, 0.3) is 11.1 Å². The quantitative estimate of drug-likeness (QED) is 0.655. The molecule has 0 radical (unpaired) electrons. The van der Waals surface area contributed by atoms with Gasteiger partial charge < -0.3 is 9.73 Å². The highest BCUT2D eigenvalue weighted by Gasteiger charge is 2.19. The van der Waals surface area contributed by atoms with Gasteiger partial charge in [-0.1, -0.05) is 35.5 Å². The minimum absolute atomic E-state index is 0.0749. The van der Waals surface area contributed by atoms with E-state index in [4.69, 9.17) is 16.0 Å². The number of hydrogen-bond acceptors (Lipinski definition) is 5. The van der Waals surface area contributed by atoms with Crippen molar-refractivity contribution in [2.24, 2.45) is 0 Å². The maximum absolute atomic E-state index is 13.7. The molecular weight excluding hydrogens is 365 g/mol. The van der Waals surface area contributed by atoms with Crippen molar-refractivity contribution in [1.29, 1.82) is 0 Å². The molecule has 0 bridgehead atoms. The van der Waals surface area contributed by atoms with Crippen molar-refractivity contribution < 1.29 is 13.6 Å². The molecular formula is C17H13ClFN3O2S. The third-order valence-electron chi connectivity index (χ3n) is 3.27. The van der Waals surface area contributed by atoms with E-state index in [1.165, 1.54) is 6.07 Å². The number of thioether (sulfide) groups is 1. The van der Waals surface area contributed by atoms with E-state index in [1.54, 1.807) is 49.4 Å². The summed E-state index contributed by atoms with van der Waals surface area (Å²) < 4.78 is 19.2. The predicted octanol–water partition coefficient (Wildman–Crippen LogP) is 4.65. The topological polar surface area (TPSA) is 68.0 Å². The highest BCUT2D eigenvalue weighted by Crippen LogP contribution is 2.28. The molecule has 3 rings (SSSR count). The van der Waals surface area contributed by atoms with Crippen molar-refractivity contribution in [1.82, 2.24) is 10.2 Å². The fraction of sp³-hybridized carbons (Fsp3) is 0.118. The molecule has 2 aromatic carbocycles. The van der Waals surface area contributed by atoms with Gasteiger partial charge in [-0.2, -0.15) is 0 Å². The number of nitrogens with zero attached hydrogens (tertiary/aromatic N) is 2. The summed E-state index contributed by atoms with van der Waals surface area (Å²) in [6.45, 7) is 1.71. The summed E-state index contributed by atoms with van der Waals surface area (Å²) in [5, 5.41) is 10.8. The molecule has 3 aromatic rings. The Balaban J connectivity index is 1.65. The Morgan fingerprint density at radius 3 is 2.64 bits per heavy atom. The third kappa shape index (κ3) is 4.37. The molecule has 128 valence electrons. The number of carbonyl (C=O) groups excluding carboxylic acids is 1. The molecule has 0 aliphatic rings. The molecule has 1 amide bonds. The van der Waals surface area contributed by atoms with Crippen LogP contribution in [0.1, 0.15) is 6.92 Å². The second-order valence-corrected chi connectivity index (χ2v) is 6.84. The van der Waals surface area contributed by atoms with Crippen LogP contribution in [0, 0.1) is 5.82 Å². The first kappa shape index (κ1) is 17.4. The Bertz CT molecular complexity index is 886. The van der Waals surface area contributed by atoms with E-state index >= 15 is 0 Å². The Morgan fingerprint density at radius 1 is 1.20 bits per heavy atom. The van der Waals surface area contributed by atoms with Gasteiger partial charge in [0.15, 0.2) is 0 Å².